The number of benzene rings is 3. The number of hydrogen-bond donors (Lipinski definition) is 1. The van der Waals surface area contributed by atoms with Crippen LogP contribution in [0.5, 0.6) is 5.75 Å². The van der Waals surface area contributed by atoms with Crippen molar-refractivity contribution in [3.63, 3.8) is 0 Å². The van der Waals surface area contributed by atoms with Crippen LogP contribution in [0.2, 0.25) is 0 Å². The van der Waals surface area contributed by atoms with E-state index in [0.717, 1.165) is 0 Å². The first-order valence-electron chi connectivity index (χ1n) is 8.14. The molecule has 1 N–H and O–H groups in total. The fourth-order valence-corrected chi connectivity index (χ4v) is 2.74. The van der Waals surface area contributed by atoms with Gasteiger partial charge in [0.05, 0.1) is 10.8 Å². The summed E-state index contributed by atoms with van der Waals surface area (Å²) in [6, 6.07) is 21.2. The largest absolute Gasteiger partial charge is 0.484 e. The molecule has 0 fully saturated rings. The molecular weight excluding hydrogens is 330 g/mol. The Bertz CT molecular complexity index is 1150. The average molecular weight is 345 g/mol. The Morgan fingerprint density at radius 2 is 1.62 bits per heavy atom. The Labute approximate surface area is 148 Å². The van der Waals surface area contributed by atoms with E-state index in [1.807, 2.05) is 24.3 Å². The summed E-state index contributed by atoms with van der Waals surface area (Å²) < 4.78 is 11.3. The highest BCUT2D eigenvalue weighted by Crippen LogP contribution is 2.22. The van der Waals surface area contributed by atoms with Crippen molar-refractivity contribution in [3.8, 4) is 5.75 Å². The third-order valence-electron chi connectivity index (χ3n) is 3.98. The summed E-state index contributed by atoms with van der Waals surface area (Å²) in [6.45, 7) is -0.141. The first kappa shape index (κ1) is 15.9. The Kier molecular flexibility index (Phi) is 4.11. The number of nitrogens with one attached hydrogen (secondary N) is 1. The van der Waals surface area contributed by atoms with Crippen LogP contribution in [0.15, 0.2) is 82.0 Å². The van der Waals surface area contributed by atoms with Crippen LogP contribution in [0.25, 0.3) is 21.9 Å². The fraction of sp³-hybridized carbons (Fsp3) is 0.0476. The number of hydrogen-bond acceptors (Lipinski definition) is 4. The molecule has 128 valence electrons. The number of carbonyl (C=O) groups excluding carboxylic acids is 1. The molecule has 0 saturated carbocycles. The summed E-state index contributed by atoms with van der Waals surface area (Å²) in [5.74, 6) is 0.190. The normalized spacial score (nSPS) is 10.8. The molecule has 0 aliphatic carbocycles. The maximum Gasteiger partial charge on any atom is 0.262 e. The van der Waals surface area contributed by atoms with Gasteiger partial charge < -0.3 is 14.5 Å². The lowest BCUT2D eigenvalue weighted by atomic mass is 10.1. The van der Waals surface area contributed by atoms with Crippen LogP contribution in [-0.4, -0.2) is 12.5 Å². The van der Waals surface area contributed by atoms with Gasteiger partial charge in [0.1, 0.15) is 16.9 Å². The second-order valence-electron chi connectivity index (χ2n) is 5.79. The number of anilines is 1. The third kappa shape index (κ3) is 3.15. The van der Waals surface area contributed by atoms with Gasteiger partial charge in [-0.15, -0.1) is 0 Å². The molecule has 4 rings (SSSR count). The quantitative estimate of drug-likeness (QED) is 0.568. The van der Waals surface area contributed by atoms with Gasteiger partial charge in [-0.25, -0.2) is 0 Å². The maximum atomic E-state index is 12.5. The van der Waals surface area contributed by atoms with Gasteiger partial charge in [0.15, 0.2) is 6.61 Å². The van der Waals surface area contributed by atoms with E-state index in [1.165, 1.54) is 0 Å². The molecule has 0 bridgehead atoms. The molecule has 0 atom stereocenters. The van der Waals surface area contributed by atoms with Gasteiger partial charge in [-0.1, -0.05) is 30.3 Å². The van der Waals surface area contributed by atoms with Gasteiger partial charge >= 0.3 is 0 Å². The minimum absolute atomic E-state index is 0.0878. The van der Waals surface area contributed by atoms with Gasteiger partial charge in [0.2, 0.25) is 5.43 Å². The second-order valence-corrected chi connectivity index (χ2v) is 5.79. The van der Waals surface area contributed by atoms with Crippen LogP contribution in [0.1, 0.15) is 0 Å². The second kappa shape index (κ2) is 6.72. The molecule has 5 heteroatoms. The van der Waals surface area contributed by atoms with Crippen LogP contribution in [0, 0.1) is 0 Å². The molecule has 0 radical (unpaired) electrons. The molecule has 1 amide bonds. The lowest BCUT2D eigenvalue weighted by molar-refractivity contribution is -0.118. The average Bonchev–Trinajstić information content (AvgIpc) is 2.67. The highest BCUT2D eigenvalue weighted by molar-refractivity contribution is 5.92. The zero-order chi connectivity index (χ0) is 17.9. The van der Waals surface area contributed by atoms with E-state index in [0.29, 0.717) is 33.4 Å². The summed E-state index contributed by atoms with van der Waals surface area (Å²) in [4.78, 5) is 24.5. The molecule has 0 aliphatic rings. The molecule has 0 unspecified atom stereocenters. The number of para-hydroxylation sites is 2. The molecule has 26 heavy (non-hydrogen) atoms. The monoisotopic (exact) mass is 345 g/mol. The molecular formula is C21H15NO4. The van der Waals surface area contributed by atoms with Crippen molar-refractivity contribution in [2.24, 2.45) is 0 Å². The van der Waals surface area contributed by atoms with Crippen molar-refractivity contribution in [3.05, 3.63) is 83.0 Å². The predicted molar refractivity (Wildman–Crippen MR) is 101 cm³/mol. The number of ether oxygens (including phenoxy) is 1. The predicted octanol–water partition coefficient (Wildman–Crippen LogP) is 3.96. The van der Waals surface area contributed by atoms with E-state index in [9.17, 15) is 9.59 Å². The van der Waals surface area contributed by atoms with Crippen LogP contribution >= 0.6 is 0 Å². The smallest absolute Gasteiger partial charge is 0.262 e. The van der Waals surface area contributed by atoms with E-state index < -0.39 is 0 Å². The third-order valence-corrected chi connectivity index (χ3v) is 3.98. The van der Waals surface area contributed by atoms with E-state index in [1.54, 1.807) is 48.5 Å². The summed E-state index contributed by atoms with van der Waals surface area (Å²) in [7, 11) is 0. The Morgan fingerprint density at radius 3 is 2.46 bits per heavy atom. The Hall–Kier alpha value is -3.60. The van der Waals surface area contributed by atoms with E-state index >= 15 is 0 Å². The van der Waals surface area contributed by atoms with Crippen LogP contribution < -0.4 is 15.5 Å². The Balaban J connectivity index is 1.55. The molecule has 1 aromatic heterocycles. The molecule has 0 saturated heterocycles. The molecule has 4 aromatic rings. The summed E-state index contributed by atoms with van der Waals surface area (Å²) in [6.07, 6.45) is 0. The van der Waals surface area contributed by atoms with Gasteiger partial charge in [0, 0.05) is 11.8 Å². The lowest BCUT2D eigenvalue weighted by Gasteiger charge is -2.08. The molecule has 0 spiro atoms. The minimum Gasteiger partial charge on any atom is -0.484 e. The van der Waals surface area contributed by atoms with Crippen LogP contribution in [-0.2, 0) is 4.79 Å². The zero-order valence-electron chi connectivity index (χ0n) is 13.8. The number of fused-ring (bicyclic) bond motifs is 2. The molecule has 5 nitrogen and oxygen atoms in total. The fourth-order valence-electron chi connectivity index (χ4n) is 2.74. The van der Waals surface area contributed by atoms with Gasteiger partial charge in [-0.2, -0.15) is 0 Å². The number of carbonyl (C=O) groups is 1. The van der Waals surface area contributed by atoms with E-state index in [4.69, 9.17) is 9.15 Å². The Morgan fingerprint density at radius 1 is 0.885 bits per heavy atom. The van der Waals surface area contributed by atoms with Gasteiger partial charge in [-0.05, 0) is 36.4 Å². The van der Waals surface area contributed by atoms with Gasteiger partial charge in [-0.3, -0.25) is 9.59 Å². The van der Waals surface area contributed by atoms with Crippen molar-refractivity contribution in [2.75, 3.05) is 11.9 Å². The van der Waals surface area contributed by atoms with Crippen molar-refractivity contribution in [1.82, 2.24) is 0 Å². The van der Waals surface area contributed by atoms with Crippen molar-refractivity contribution < 1.29 is 13.9 Å². The first-order valence-corrected chi connectivity index (χ1v) is 8.14. The summed E-state index contributed by atoms with van der Waals surface area (Å²) in [5, 5.41) is 3.76. The minimum atomic E-state index is -0.267. The molecule has 1 heterocycles. The highest BCUT2D eigenvalue weighted by Gasteiger charge is 2.09. The summed E-state index contributed by atoms with van der Waals surface area (Å²) in [5.41, 5.74) is 1.56. The molecule has 0 aliphatic heterocycles. The van der Waals surface area contributed by atoms with Crippen molar-refractivity contribution in [2.45, 2.75) is 0 Å². The molecule has 3 aromatic carbocycles. The standard InChI is InChI=1S/C21H15NO4/c23-20(22-14-6-2-1-3-7-14)13-25-15-10-11-17-19(12-15)26-18-9-5-4-8-16(18)21(17)24/h1-12H,13H2,(H,22,23). The topological polar surface area (TPSA) is 68.5 Å². The number of rotatable bonds is 4. The van der Waals surface area contributed by atoms with Gasteiger partial charge in [0.25, 0.3) is 5.91 Å². The SMILES string of the molecule is O=C(COc1ccc2c(=O)c3ccccc3oc2c1)Nc1ccccc1. The van der Waals surface area contributed by atoms with Crippen molar-refractivity contribution in [1.29, 1.82) is 0 Å². The highest BCUT2D eigenvalue weighted by atomic mass is 16.5. The maximum absolute atomic E-state index is 12.5. The van der Waals surface area contributed by atoms with E-state index in [-0.39, 0.29) is 17.9 Å². The first-order chi connectivity index (χ1) is 12.7. The van der Waals surface area contributed by atoms with Crippen LogP contribution in [0.4, 0.5) is 5.69 Å². The lowest BCUT2D eigenvalue weighted by Crippen LogP contribution is -2.20. The van der Waals surface area contributed by atoms with E-state index in [2.05, 4.69) is 5.32 Å². The van der Waals surface area contributed by atoms with Crippen LogP contribution in [0.3, 0.4) is 0 Å². The zero-order valence-corrected chi connectivity index (χ0v) is 13.8. The number of amides is 1. The van der Waals surface area contributed by atoms with Crippen molar-refractivity contribution >= 4 is 33.5 Å². The summed E-state index contributed by atoms with van der Waals surface area (Å²) >= 11 is 0.